The number of carbonyl (C=O) groups excluding carboxylic acids is 2. The number of rotatable bonds is 5. The Bertz CT molecular complexity index is 1420. The van der Waals surface area contributed by atoms with Gasteiger partial charge in [0.25, 0.3) is 11.1 Å². The van der Waals surface area contributed by atoms with Crippen molar-refractivity contribution >= 4 is 51.5 Å². The van der Waals surface area contributed by atoms with Crippen molar-refractivity contribution in [3.63, 3.8) is 0 Å². The molecule has 2 amide bonds. The van der Waals surface area contributed by atoms with Crippen LogP contribution in [0, 0.1) is 0 Å². The molecule has 0 saturated carbocycles. The molecule has 2 fully saturated rings. The summed E-state index contributed by atoms with van der Waals surface area (Å²) < 4.78 is 56.4. The average molecular weight is 553 g/mol. The molecule has 12 heteroatoms. The number of thioether (sulfide) groups is 1. The van der Waals surface area contributed by atoms with Crippen LogP contribution in [0.25, 0.3) is 17.0 Å². The number of likely N-dealkylation sites (N-methyl/N-ethyl adjacent to an activating group) is 1. The number of halogens is 5. The van der Waals surface area contributed by atoms with E-state index in [0.29, 0.717) is 29.6 Å². The molecule has 0 N–H and O–H groups in total. The molecule has 0 radical (unpaired) electrons. The molecule has 2 saturated heterocycles. The summed E-state index contributed by atoms with van der Waals surface area (Å²) in [5.41, 5.74) is 0.410. The molecule has 5 rings (SSSR count). The first-order chi connectivity index (χ1) is 17.5. The minimum absolute atomic E-state index is 0.00638. The smallest absolute Gasteiger partial charge is 0.298 e. The highest BCUT2D eigenvalue weighted by Crippen LogP contribution is 2.37. The first-order valence-electron chi connectivity index (χ1n) is 11.5. The van der Waals surface area contributed by atoms with Crippen LogP contribution in [0.3, 0.4) is 0 Å². The van der Waals surface area contributed by atoms with Gasteiger partial charge in [-0.05, 0) is 59.8 Å². The Balaban J connectivity index is 1.39. The van der Waals surface area contributed by atoms with E-state index in [1.807, 2.05) is 11.8 Å². The molecule has 3 aromatic rings. The summed E-state index contributed by atoms with van der Waals surface area (Å²) in [6.07, 6.45) is -2.78. The second kappa shape index (κ2) is 9.77. The Morgan fingerprint density at radius 3 is 2.65 bits per heavy atom. The van der Waals surface area contributed by atoms with Crippen LogP contribution in [0.15, 0.2) is 47.5 Å². The van der Waals surface area contributed by atoms with Crippen molar-refractivity contribution in [2.24, 2.45) is 0 Å². The average Bonchev–Trinajstić information content (AvgIpc) is 3.49. The number of hydrogen-bond donors (Lipinski definition) is 0. The minimum Gasteiger partial charge on any atom is -0.298 e. The second-order valence-electron chi connectivity index (χ2n) is 8.91. The zero-order chi connectivity index (χ0) is 26.5. The van der Waals surface area contributed by atoms with Gasteiger partial charge in [0, 0.05) is 23.5 Å². The van der Waals surface area contributed by atoms with Crippen LogP contribution in [0.2, 0.25) is 5.02 Å². The van der Waals surface area contributed by atoms with Gasteiger partial charge in [0.15, 0.2) is 0 Å². The molecular weight excluding hydrogens is 532 g/mol. The lowest BCUT2D eigenvalue weighted by Crippen LogP contribution is -2.44. The molecule has 0 bridgehead atoms. The quantitative estimate of drug-likeness (QED) is 0.294. The maximum atomic E-state index is 14.5. The molecule has 6 nitrogen and oxygen atoms in total. The molecule has 3 heterocycles. The second-order valence-corrected chi connectivity index (χ2v) is 10.3. The van der Waals surface area contributed by atoms with Crippen molar-refractivity contribution in [1.29, 1.82) is 0 Å². The van der Waals surface area contributed by atoms with Crippen LogP contribution >= 0.6 is 23.4 Å². The number of amides is 2. The van der Waals surface area contributed by atoms with E-state index in [9.17, 15) is 27.2 Å². The van der Waals surface area contributed by atoms with Gasteiger partial charge in [0.2, 0.25) is 0 Å². The van der Waals surface area contributed by atoms with Crippen molar-refractivity contribution in [2.45, 2.75) is 31.9 Å². The predicted octanol–water partition coefficient (Wildman–Crippen LogP) is 5.84. The van der Waals surface area contributed by atoms with Crippen molar-refractivity contribution in [3.05, 3.63) is 69.2 Å². The Hall–Kier alpha value is -2.89. The first kappa shape index (κ1) is 25.7. The number of alkyl halides is 4. The summed E-state index contributed by atoms with van der Waals surface area (Å²) in [5.74, 6) is -0.529. The predicted molar refractivity (Wildman–Crippen MR) is 134 cm³/mol. The van der Waals surface area contributed by atoms with Crippen LogP contribution in [0.5, 0.6) is 0 Å². The number of hydrogen-bond acceptors (Lipinski definition) is 5. The van der Waals surface area contributed by atoms with Gasteiger partial charge >= 0.3 is 6.18 Å². The molecule has 0 unspecified atom stereocenters. The van der Waals surface area contributed by atoms with Gasteiger partial charge < -0.3 is 0 Å². The summed E-state index contributed by atoms with van der Waals surface area (Å²) >= 11 is 6.54. The first-order valence-corrected chi connectivity index (χ1v) is 12.7. The monoisotopic (exact) mass is 552 g/mol. The van der Waals surface area contributed by atoms with E-state index < -0.39 is 35.1 Å². The van der Waals surface area contributed by atoms with Crippen LogP contribution < -0.4 is 0 Å². The van der Waals surface area contributed by atoms with Gasteiger partial charge in [-0.15, -0.1) is 0 Å². The summed E-state index contributed by atoms with van der Waals surface area (Å²) in [5, 5.41) is 4.38. The van der Waals surface area contributed by atoms with E-state index in [0.717, 1.165) is 22.7 Å². The van der Waals surface area contributed by atoms with Gasteiger partial charge in [0.1, 0.15) is 6.17 Å². The number of carbonyl (C=O) groups is 2. The van der Waals surface area contributed by atoms with Gasteiger partial charge in [-0.3, -0.25) is 24.1 Å². The number of likely N-dealkylation sites (tertiary alicyclic amines) is 1. The molecule has 2 atom stereocenters. The number of benzene rings is 2. The normalized spacial score (nSPS) is 22.2. The summed E-state index contributed by atoms with van der Waals surface area (Å²) in [4.78, 5) is 28.6. The highest BCUT2D eigenvalue weighted by molar-refractivity contribution is 8.18. The maximum absolute atomic E-state index is 14.5. The summed E-state index contributed by atoms with van der Waals surface area (Å²) in [6, 6.07) is 7.92. The topological polar surface area (TPSA) is 58.4 Å². The number of nitrogens with zero attached hydrogens (tertiary/aromatic N) is 4. The van der Waals surface area contributed by atoms with Gasteiger partial charge in [0.05, 0.1) is 34.8 Å². The van der Waals surface area contributed by atoms with E-state index in [4.69, 9.17) is 11.6 Å². The molecule has 37 heavy (non-hydrogen) atoms. The highest BCUT2D eigenvalue weighted by atomic mass is 35.5. The Morgan fingerprint density at radius 2 is 1.95 bits per heavy atom. The third kappa shape index (κ3) is 4.99. The van der Waals surface area contributed by atoms with Crippen LogP contribution in [-0.4, -0.2) is 62.6 Å². The molecular formula is C25H21ClF4N4O2S. The van der Waals surface area contributed by atoms with Crippen LogP contribution in [0.4, 0.5) is 22.4 Å². The highest BCUT2D eigenvalue weighted by Gasteiger charge is 2.46. The Kier molecular flexibility index (Phi) is 6.80. The lowest BCUT2D eigenvalue weighted by atomic mass is 10.1. The molecule has 0 aliphatic carbocycles. The molecule has 2 aliphatic rings. The number of imide groups is 1. The number of aromatic nitrogens is 2. The Morgan fingerprint density at radius 1 is 1.16 bits per heavy atom. The van der Waals surface area contributed by atoms with Crippen molar-refractivity contribution in [3.8, 4) is 0 Å². The van der Waals surface area contributed by atoms with E-state index in [1.54, 1.807) is 24.3 Å². The lowest BCUT2D eigenvalue weighted by molar-refractivity contribution is -0.138. The summed E-state index contributed by atoms with van der Waals surface area (Å²) in [7, 11) is 0. The van der Waals surface area contributed by atoms with Crippen molar-refractivity contribution < 1.29 is 27.2 Å². The van der Waals surface area contributed by atoms with E-state index in [1.165, 1.54) is 23.0 Å². The molecule has 2 aliphatic heterocycles. The van der Waals surface area contributed by atoms with Crippen molar-refractivity contribution in [2.75, 3.05) is 19.6 Å². The molecule has 194 valence electrons. The van der Waals surface area contributed by atoms with Gasteiger partial charge in [-0.1, -0.05) is 30.7 Å². The molecule has 0 spiro atoms. The fourth-order valence-corrected chi connectivity index (χ4v) is 5.73. The van der Waals surface area contributed by atoms with E-state index in [-0.39, 0.29) is 28.6 Å². The van der Waals surface area contributed by atoms with E-state index in [2.05, 4.69) is 5.10 Å². The third-order valence-electron chi connectivity index (χ3n) is 6.56. The fraction of sp³-hybridized carbons (Fsp3) is 0.320. The SMILES string of the molecule is CCN1C[C@@H](F)[C@@H](N2C(=O)S/C(=C\c3ccc4c(cnn4Cc4ccc(Cl)cc4C(F)(F)F)c3)C2=O)C1. The standard InChI is InChI=1S/C25H21ClF4N4O2S/c1-2-32-12-19(27)21(13-32)34-23(35)22(37-24(34)36)8-14-3-6-20-16(7-14)10-31-33(20)11-15-4-5-17(26)9-18(15)25(28,29)30/h3-10,19,21H,2,11-13H2,1H3/b22-8-/t19-,21+/m1/s1. The number of fused-ring (bicyclic) bond motifs is 1. The zero-order valence-electron chi connectivity index (χ0n) is 19.5. The summed E-state index contributed by atoms with van der Waals surface area (Å²) in [6.45, 7) is 2.90. The fourth-order valence-electron chi connectivity index (χ4n) is 4.67. The van der Waals surface area contributed by atoms with Gasteiger partial charge in [-0.2, -0.15) is 18.3 Å². The van der Waals surface area contributed by atoms with Gasteiger partial charge in [-0.25, -0.2) is 4.39 Å². The minimum atomic E-state index is -4.56. The lowest BCUT2D eigenvalue weighted by Gasteiger charge is -2.22. The largest absolute Gasteiger partial charge is 0.416 e. The van der Waals surface area contributed by atoms with Crippen LogP contribution in [0.1, 0.15) is 23.6 Å². The van der Waals surface area contributed by atoms with E-state index >= 15 is 0 Å². The third-order valence-corrected chi connectivity index (χ3v) is 7.68. The van der Waals surface area contributed by atoms with Crippen LogP contribution in [-0.2, 0) is 17.5 Å². The molecule has 1 aromatic heterocycles. The zero-order valence-corrected chi connectivity index (χ0v) is 21.1. The molecule has 2 aromatic carbocycles. The maximum Gasteiger partial charge on any atom is 0.416 e. The Labute approximate surface area is 218 Å². The van der Waals surface area contributed by atoms with Crippen molar-refractivity contribution in [1.82, 2.24) is 19.6 Å².